The molecule has 0 spiro atoms. The predicted octanol–water partition coefficient (Wildman–Crippen LogP) is 3.15. The van der Waals surface area contributed by atoms with Crippen LogP contribution in [0.3, 0.4) is 0 Å². The van der Waals surface area contributed by atoms with Gasteiger partial charge in [0.05, 0.1) is 6.26 Å². The minimum absolute atomic E-state index is 0.592. The molecule has 80 valence electrons. The van der Waals surface area contributed by atoms with Crippen molar-refractivity contribution in [2.45, 2.75) is 19.3 Å². The fourth-order valence-electron chi connectivity index (χ4n) is 1.98. The molecule has 0 amide bonds. The van der Waals surface area contributed by atoms with Gasteiger partial charge in [-0.15, -0.1) is 0 Å². The summed E-state index contributed by atoms with van der Waals surface area (Å²) in [5.74, 6) is 0.592. The Labute approximate surface area is 90.3 Å². The molecule has 0 aliphatic heterocycles. The Morgan fingerprint density at radius 3 is 2.93 bits per heavy atom. The van der Waals surface area contributed by atoms with E-state index in [1.54, 1.807) is 6.26 Å². The third-order valence-corrected chi connectivity index (χ3v) is 2.89. The molecule has 1 unspecified atom stereocenters. The summed E-state index contributed by atoms with van der Waals surface area (Å²) in [6, 6.07) is 8.47. The summed E-state index contributed by atoms with van der Waals surface area (Å²) < 4.78 is 5.33. The lowest BCUT2D eigenvalue weighted by Crippen LogP contribution is -2.16. The highest BCUT2D eigenvalue weighted by Crippen LogP contribution is 2.24. The molecule has 0 saturated carbocycles. The van der Waals surface area contributed by atoms with E-state index in [1.807, 2.05) is 13.1 Å². The van der Waals surface area contributed by atoms with Gasteiger partial charge in [0.2, 0.25) is 0 Å². The first-order valence-electron chi connectivity index (χ1n) is 5.47. The first kappa shape index (κ1) is 10.2. The molecule has 0 bridgehead atoms. The van der Waals surface area contributed by atoms with Crippen LogP contribution in [0.1, 0.15) is 24.8 Å². The van der Waals surface area contributed by atoms with Gasteiger partial charge in [-0.2, -0.15) is 0 Å². The molecule has 2 aromatic rings. The zero-order valence-electron chi connectivity index (χ0n) is 9.29. The van der Waals surface area contributed by atoms with Crippen LogP contribution >= 0.6 is 0 Å². The lowest BCUT2D eigenvalue weighted by Gasteiger charge is -2.14. The highest BCUT2D eigenvalue weighted by Gasteiger charge is 2.09. The third kappa shape index (κ3) is 2.05. The van der Waals surface area contributed by atoms with Crippen molar-refractivity contribution in [2.24, 2.45) is 0 Å². The fraction of sp³-hybridized carbons (Fsp3) is 0.385. The largest absolute Gasteiger partial charge is 0.464 e. The second-order valence-electron chi connectivity index (χ2n) is 3.88. The number of furan rings is 1. The van der Waals surface area contributed by atoms with E-state index in [1.165, 1.54) is 10.9 Å². The molecule has 1 aromatic heterocycles. The lowest BCUT2D eigenvalue weighted by molar-refractivity contribution is 0.608. The molecule has 2 nitrogen and oxygen atoms in total. The van der Waals surface area contributed by atoms with Gasteiger partial charge < -0.3 is 9.73 Å². The van der Waals surface area contributed by atoms with Crippen molar-refractivity contribution in [1.29, 1.82) is 0 Å². The van der Waals surface area contributed by atoms with Gasteiger partial charge in [0, 0.05) is 11.9 Å². The van der Waals surface area contributed by atoms with Crippen molar-refractivity contribution >= 4 is 11.0 Å². The normalized spacial score (nSPS) is 13.2. The summed E-state index contributed by atoms with van der Waals surface area (Å²) >= 11 is 0. The molecule has 15 heavy (non-hydrogen) atoms. The lowest BCUT2D eigenvalue weighted by atomic mass is 9.95. The zero-order chi connectivity index (χ0) is 10.7. The van der Waals surface area contributed by atoms with Crippen molar-refractivity contribution in [2.75, 3.05) is 13.6 Å². The quantitative estimate of drug-likeness (QED) is 0.825. The van der Waals surface area contributed by atoms with Gasteiger partial charge in [-0.1, -0.05) is 13.0 Å². The molecule has 0 fully saturated rings. The maximum Gasteiger partial charge on any atom is 0.133 e. The van der Waals surface area contributed by atoms with Gasteiger partial charge in [0.25, 0.3) is 0 Å². The van der Waals surface area contributed by atoms with Crippen LogP contribution in [-0.2, 0) is 0 Å². The van der Waals surface area contributed by atoms with Crippen LogP contribution in [0.4, 0.5) is 0 Å². The molecule has 0 aliphatic carbocycles. The van der Waals surface area contributed by atoms with Gasteiger partial charge in [-0.25, -0.2) is 0 Å². The Hall–Kier alpha value is -1.28. The van der Waals surface area contributed by atoms with Crippen molar-refractivity contribution in [3.63, 3.8) is 0 Å². The van der Waals surface area contributed by atoms with E-state index in [0.29, 0.717) is 5.92 Å². The van der Waals surface area contributed by atoms with Gasteiger partial charge in [0.1, 0.15) is 5.58 Å². The third-order valence-electron chi connectivity index (χ3n) is 2.89. The summed E-state index contributed by atoms with van der Waals surface area (Å²) in [6.07, 6.45) is 2.90. The van der Waals surface area contributed by atoms with Crippen LogP contribution in [-0.4, -0.2) is 13.6 Å². The Morgan fingerprint density at radius 2 is 2.20 bits per heavy atom. The van der Waals surface area contributed by atoms with Gasteiger partial charge in [0.15, 0.2) is 0 Å². The van der Waals surface area contributed by atoms with E-state index in [4.69, 9.17) is 4.42 Å². The SMILES string of the molecule is CCC(CNC)c1ccc2occc2c1. The van der Waals surface area contributed by atoms with Gasteiger partial charge in [-0.05, 0) is 43.1 Å². The summed E-state index contributed by atoms with van der Waals surface area (Å²) in [5, 5.41) is 4.43. The number of rotatable bonds is 4. The van der Waals surface area contributed by atoms with Crippen LogP contribution in [0.25, 0.3) is 11.0 Å². The topological polar surface area (TPSA) is 25.2 Å². The molecular formula is C13H17NO. The maximum absolute atomic E-state index is 5.33. The molecule has 1 atom stereocenters. The minimum atomic E-state index is 0.592. The molecule has 0 saturated heterocycles. The van der Waals surface area contributed by atoms with Crippen LogP contribution in [0, 0.1) is 0 Å². The Balaban J connectivity index is 2.33. The van der Waals surface area contributed by atoms with E-state index in [-0.39, 0.29) is 0 Å². The number of benzene rings is 1. The summed E-state index contributed by atoms with van der Waals surface area (Å²) in [4.78, 5) is 0. The monoisotopic (exact) mass is 203 g/mol. The van der Waals surface area contributed by atoms with Crippen molar-refractivity contribution in [1.82, 2.24) is 5.32 Å². The zero-order valence-corrected chi connectivity index (χ0v) is 9.29. The average molecular weight is 203 g/mol. The number of hydrogen-bond donors (Lipinski definition) is 1. The molecule has 2 rings (SSSR count). The second-order valence-corrected chi connectivity index (χ2v) is 3.88. The van der Waals surface area contributed by atoms with E-state index in [0.717, 1.165) is 18.5 Å². The Bertz CT molecular complexity index is 433. The predicted molar refractivity (Wildman–Crippen MR) is 63.2 cm³/mol. The van der Waals surface area contributed by atoms with E-state index >= 15 is 0 Å². The first-order chi connectivity index (χ1) is 7.35. The fourth-order valence-corrected chi connectivity index (χ4v) is 1.98. The molecule has 1 heterocycles. The Morgan fingerprint density at radius 1 is 1.33 bits per heavy atom. The van der Waals surface area contributed by atoms with Crippen molar-refractivity contribution in [3.8, 4) is 0 Å². The maximum atomic E-state index is 5.33. The molecule has 2 heteroatoms. The summed E-state index contributed by atoms with van der Waals surface area (Å²) in [5.41, 5.74) is 2.36. The van der Waals surface area contributed by atoms with Crippen LogP contribution in [0.2, 0.25) is 0 Å². The Kier molecular flexibility index (Phi) is 3.07. The number of hydrogen-bond acceptors (Lipinski definition) is 2. The van der Waals surface area contributed by atoms with Gasteiger partial charge >= 0.3 is 0 Å². The van der Waals surface area contributed by atoms with E-state index in [2.05, 4.69) is 30.4 Å². The molecule has 0 radical (unpaired) electrons. The second kappa shape index (κ2) is 4.49. The smallest absolute Gasteiger partial charge is 0.133 e. The standard InChI is InChI=1S/C13H17NO/c1-3-10(9-14-2)11-4-5-13-12(8-11)6-7-15-13/h4-8,10,14H,3,9H2,1-2H3. The van der Waals surface area contributed by atoms with Crippen molar-refractivity contribution in [3.05, 3.63) is 36.1 Å². The first-order valence-corrected chi connectivity index (χ1v) is 5.47. The highest BCUT2D eigenvalue weighted by atomic mass is 16.3. The number of fused-ring (bicyclic) bond motifs is 1. The molecule has 1 N–H and O–H groups in total. The van der Waals surface area contributed by atoms with Crippen LogP contribution in [0.15, 0.2) is 34.9 Å². The van der Waals surface area contributed by atoms with Crippen LogP contribution in [0.5, 0.6) is 0 Å². The summed E-state index contributed by atoms with van der Waals surface area (Å²) in [7, 11) is 2.00. The molecular weight excluding hydrogens is 186 g/mol. The number of likely N-dealkylation sites (N-methyl/N-ethyl adjacent to an activating group) is 1. The van der Waals surface area contributed by atoms with Crippen molar-refractivity contribution < 1.29 is 4.42 Å². The van der Waals surface area contributed by atoms with Gasteiger partial charge in [-0.3, -0.25) is 0 Å². The minimum Gasteiger partial charge on any atom is -0.464 e. The van der Waals surface area contributed by atoms with E-state index in [9.17, 15) is 0 Å². The number of nitrogens with one attached hydrogen (secondary N) is 1. The van der Waals surface area contributed by atoms with Crippen LogP contribution < -0.4 is 5.32 Å². The molecule has 1 aromatic carbocycles. The van der Waals surface area contributed by atoms with E-state index < -0.39 is 0 Å². The molecule has 0 aliphatic rings. The average Bonchev–Trinajstić information content (AvgIpc) is 2.72. The summed E-state index contributed by atoms with van der Waals surface area (Å²) in [6.45, 7) is 3.25. The highest BCUT2D eigenvalue weighted by molar-refractivity contribution is 5.77.